The average molecular weight is 540 g/mol. The van der Waals surface area contributed by atoms with Crippen molar-refractivity contribution in [2.24, 2.45) is 0 Å². The SMILES string of the molecule is c1ccc(-n2c3ccccc3c3c4c(ccc32)c2ccc3sc5ccccc5c3c2n2c3ccccc3nc42)cc1. The van der Waals surface area contributed by atoms with Crippen LogP contribution in [0.2, 0.25) is 0 Å². The van der Waals surface area contributed by atoms with E-state index in [0.29, 0.717) is 0 Å². The van der Waals surface area contributed by atoms with Gasteiger partial charge in [-0.25, -0.2) is 4.98 Å². The number of nitrogens with zero attached hydrogens (tertiary/aromatic N) is 3. The summed E-state index contributed by atoms with van der Waals surface area (Å²) in [6.45, 7) is 0. The van der Waals surface area contributed by atoms with Crippen molar-refractivity contribution in [3.8, 4) is 5.69 Å². The Kier molecular flexibility index (Phi) is 4.07. The van der Waals surface area contributed by atoms with Crippen LogP contribution in [0.1, 0.15) is 0 Å². The Morgan fingerprint density at radius 1 is 0.463 bits per heavy atom. The quantitative estimate of drug-likeness (QED) is 0.190. The molecule has 0 aliphatic rings. The molecule has 0 aliphatic heterocycles. The highest BCUT2D eigenvalue weighted by atomic mass is 32.1. The molecule has 10 aromatic rings. The van der Waals surface area contributed by atoms with Crippen LogP contribution in [-0.4, -0.2) is 14.0 Å². The van der Waals surface area contributed by atoms with Crippen molar-refractivity contribution >= 4 is 91.7 Å². The molecule has 10 rings (SSSR count). The number of pyridine rings is 1. The van der Waals surface area contributed by atoms with Crippen molar-refractivity contribution in [3.05, 3.63) is 127 Å². The number of imidazole rings is 1. The number of hydrogen-bond acceptors (Lipinski definition) is 2. The van der Waals surface area contributed by atoms with E-state index in [2.05, 4.69) is 136 Å². The van der Waals surface area contributed by atoms with Gasteiger partial charge in [0.15, 0.2) is 0 Å². The Morgan fingerprint density at radius 2 is 1.20 bits per heavy atom. The van der Waals surface area contributed by atoms with Gasteiger partial charge in [-0.15, -0.1) is 11.3 Å². The number of hydrogen-bond donors (Lipinski definition) is 0. The molecule has 6 aromatic carbocycles. The maximum absolute atomic E-state index is 5.36. The molecule has 190 valence electrons. The Morgan fingerprint density at radius 3 is 2.10 bits per heavy atom. The van der Waals surface area contributed by atoms with E-state index in [9.17, 15) is 0 Å². The smallest absolute Gasteiger partial charge is 0.147 e. The number of rotatable bonds is 1. The summed E-state index contributed by atoms with van der Waals surface area (Å²) in [5, 5.41) is 8.81. The molecule has 0 radical (unpaired) electrons. The zero-order chi connectivity index (χ0) is 26.7. The van der Waals surface area contributed by atoms with Crippen molar-refractivity contribution in [3.63, 3.8) is 0 Å². The monoisotopic (exact) mass is 539 g/mol. The molecule has 0 N–H and O–H groups in total. The second-order valence-electron chi connectivity index (χ2n) is 10.8. The van der Waals surface area contributed by atoms with E-state index >= 15 is 0 Å². The normalized spacial score (nSPS) is 12.4. The van der Waals surface area contributed by atoms with E-state index in [1.54, 1.807) is 0 Å². The summed E-state index contributed by atoms with van der Waals surface area (Å²) in [6, 6.07) is 46.1. The summed E-state index contributed by atoms with van der Waals surface area (Å²) in [4.78, 5) is 5.36. The van der Waals surface area contributed by atoms with Crippen LogP contribution in [-0.2, 0) is 0 Å². The van der Waals surface area contributed by atoms with Gasteiger partial charge in [0, 0.05) is 47.4 Å². The molecule has 0 atom stereocenters. The van der Waals surface area contributed by atoms with Crippen molar-refractivity contribution in [1.29, 1.82) is 0 Å². The third-order valence-corrected chi connectivity index (χ3v) is 9.80. The van der Waals surface area contributed by atoms with Gasteiger partial charge in [-0.3, -0.25) is 4.40 Å². The summed E-state index contributed by atoms with van der Waals surface area (Å²) < 4.78 is 7.44. The first-order valence-corrected chi connectivity index (χ1v) is 14.7. The van der Waals surface area contributed by atoms with Crippen LogP contribution < -0.4 is 0 Å². The topological polar surface area (TPSA) is 22.2 Å². The lowest BCUT2D eigenvalue weighted by molar-refractivity contribution is 1.18. The first kappa shape index (κ1) is 21.6. The van der Waals surface area contributed by atoms with E-state index in [4.69, 9.17) is 4.98 Å². The fourth-order valence-electron chi connectivity index (χ4n) is 7.04. The number of benzene rings is 6. The summed E-state index contributed by atoms with van der Waals surface area (Å²) in [7, 11) is 0. The predicted molar refractivity (Wildman–Crippen MR) is 175 cm³/mol. The summed E-state index contributed by atoms with van der Waals surface area (Å²) in [5.41, 5.74) is 7.97. The van der Waals surface area contributed by atoms with Crippen LogP contribution in [0, 0.1) is 0 Å². The van der Waals surface area contributed by atoms with Crippen LogP contribution in [0.15, 0.2) is 127 Å². The Balaban J connectivity index is 1.54. The summed E-state index contributed by atoms with van der Waals surface area (Å²) in [5.74, 6) is 0. The van der Waals surface area contributed by atoms with Gasteiger partial charge in [0.2, 0.25) is 0 Å². The lowest BCUT2D eigenvalue weighted by atomic mass is 9.99. The standard InChI is InChI=1S/C37H21N3S/c1-2-10-22(11-3-1)39-28-15-7-4-12-25(28)33-30(39)20-18-23-24-19-21-32-34(26-13-5-9-17-31(26)41-32)36(24)40-29-16-8-6-14-27(29)38-37(40)35(23)33/h1-21H. The van der Waals surface area contributed by atoms with E-state index < -0.39 is 0 Å². The van der Waals surface area contributed by atoms with Crippen molar-refractivity contribution in [2.45, 2.75) is 0 Å². The maximum Gasteiger partial charge on any atom is 0.147 e. The second-order valence-corrected chi connectivity index (χ2v) is 11.8. The van der Waals surface area contributed by atoms with Gasteiger partial charge in [0.05, 0.1) is 27.6 Å². The van der Waals surface area contributed by atoms with Gasteiger partial charge in [-0.2, -0.15) is 0 Å². The Labute approximate surface area is 238 Å². The highest BCUT2D eigenvalue weighted by Gasteiger charge is 2.22. The molecule has 0 bridgehead atoms. The van der Waals surface area contributed by atoms with Crippen LogP contribution in [0.4, 0.5) is 0 Å². The zero-order valence-electron chi connectivity index (χ0n) is 21.9. The van der Waals surface area contributed by atoms with Gasteiger partial charge in [-0.1, -0.05) is 78.9 Å². The zero-order valence-corrected chi connectivity index (χ0v) is 22.7. The molecule has 0 spiro atoms. The van der Waals surface area contributed by atoms with Gasteiger partial charge in [0.1, 0.15) is 5.65 Å². The number of para-hydroxylation sites is 4. The van der Waals surface area contributed by atoms with E-state index in [1.165, 1.54) is 63.7 Å². The molecule has 0 saturated carbocycles. The minimum Gasteiger partial charge on any atom is -0.309 e. The molecule has 3 nitrogen and oxygen atoms in total. The van der Waals surface area contributed by atoms with E-state index in [-0.39, 0.29) is 0 Å². The molecule has 0 amide bonds. The lowest BCUT2D eigenvalue weighted by Crippen LogP contribution is -1.95. The highest BCUT2D eigenvalue weighted by molar-refractivity contribution is 7.26. The second kappa shape index (κ2) is 7.72. The molecule has 41 heavy (non-hydrogen) atoms. The molecular formula is C37H21N3S. The van der Waals surface area contributed by atoms with Crippen molar-refractivity contribution in [1.82, 2.24) is 14.0 Å². The minimum atomic E-state index is 1.01. The molecule has 4 aromatic heterocycles. The molecule has 0 unspecified atom stereocenters. The van der Waals surface area contributed by atoms with Gasteiger partial charge in [-0.05, 0) is 53.9 Å². The Bertz CT molecular complexity index is 2690. The number of thiophene rings is 1. The predicted octanol–water partition coefficient (Wildman–Crippen LogP) is 10.3. The molecule has 4 heterocycles. The molecule has 4 heteroatoms. The number of aromatic nitrogens is 3. The van der Waals surface area contributed by atoms with Gasteiger partial charge in [0.25, 0.3) is 0 Å². The first-order valence-electron chi connectivity index (χ1n) is 13.9. The van der Waals surface area contributed by atoms with Crippen LogP contribution in [0.3, 0.4) is 0 Å². The van der Waals surface area contributed by atoms with E-state index in [1.807, 2.05) is 11.3 Å². The Hall–Kier alpha value is -5.19. The van der Waals surface area contributed by atoms with E-state index in [0.717, 1.165) is 22.4 Å². The fourth-order valence-corrected chi connectivity index (χ4v) is 8.15. The molecule has 0 aliphatic carbocycles. The number of fused-ring (bicyclic) bond motifs is 16. The van der Waals surface area contributed by atoms with Crippen molar-refractivity contribution in [2.75, 3.05) is 0 Å². The molecule has 0 saturated heterocycles. The van der Waals surface area contributed by atoms with Crippen molar-refractivity contribution < 1.29 is 0 Å². The highest BCUT2D eigenvalue weighted by Crippen LogP contribution is 2.45. The maximum atomic E-state index is 5.36. The van der Waals surface area contributed by atoms with Gasteiger partial charge < -0.3 is 4.57 Å². The lowest BCUT2D eigenvalue weighted by Gasteiger charge is -2.13. The fraction of sp³-hybridized carbons (Fsp3) is 0. The van der Waals surface area contributed by atoms with Crippen LogP contribution in [0.25, 0.3) is 86.0 Å². The third-order valence-electron chi connectivity index (χ3n) is 8.67. The summed E-state index contributed by atoms with van der Waals surface area (Å²) >= 11 is 1.87. The van der Waals surface area contributed by atoms with Gasteiger partial charge >= 0.3 is 0 Å². The minimum absolute atomic E-state index is 1.01. The van der Waals surface area contributed by atoms with Crippen LogP contribution in [0.5, 0.6) is 0 Å². The summed E-state index contributed by atoms with van der Waals surface area (Å²) in [6.07, 6.45) is 0. The largest absolute Gasteiger partial charge is 0.309 e. The first-order chi connectivity index (χ1) is 20.4. The molecule has 0 fully saturated rings. The molecular weight excluding hydrogens is 518 g/mol. The van der Waals surface area contributed by atoms with Crippen LogP contribution >= 0.6 is 11.3 Å². The third kappa shape index (κ3) is 2.70. The average Bonchev–Trinajstić information content (AvgIpc) is 3.71.